The van der Waals surface area contributed by atoms with Gasteiger partial charge in [0.15, 0.2) is 5.65 Å². The number of nitrogens with zero attached hydrogens (tertiary/aromatic N) is 3. The van der Waals surface area contributed by atoms with Crippen molar-refractivity contribution in [1.29, 1.82) is 0 Å². The molecule has 148 valence electrons. The number of pyridine rings is 2. The van der Waals surface area contributed by atoms with Gasteiger partial charge in [0.2, 0.25) is 0 Å². The van der Waals surface area contributed by atoms with Gasteiger partial charge in [-0.3, -0.25) is 9.36 Å². The summed E-state index contributed by atoms with van der Waals surface area (Å²) in [5.41, 5.74) is 7.45. The minimum absolute atomic E-state index is 0. The molecule has 0 fully saturated rings. The summed E-state index contributed by atoms with van der Waals surface area (Å²) in [4.78, 5) is 17.2. The molecule has 0 radical (unpaired) electrons. The fourth-order valence-corrected chi connectivity index (χ4v) is 4.13. The molecule has 5 rings (SSSR count). The zero-order chi connectivity index (χ0) is 19.3. The number of aryl methyl sites for hydroxylation is 3. The van der Waals surface area contributed by atoms with Crippen molar-refractivity contribution >= 4 is 23.7 Å². The Kier molecular flexibility index (Phi) is 4.92. The third kappa shape index (κ3) is 3.21. The molecular weight excluding hydrogens is 384 g/mol. The molecule has 1 aromatic carbocycles. The molecule has 0 spiro atoms. The number of hydrogen-bond acceptors (Lipinski definition) is 3. The summed E-state index contributed by atoms with van der Waals surface area (Å²) >= 11 is 0. The fourth-order valence-electron chi connectivity index (χ4n) is 4.13. The zero-order valence-corrected chi connectivity index (χ0v) is 17.2. The average Bonchev–Trinajstić information content (AvgIpc) is 3.24. The van der Waals surface area contributed by atoms with Crippen molar-refractivity contribution in [3.05, 3.63) is 93.8 Å². The van der Waals surface area contributed by atoms with E-state index in [1.165, 1.54) is 11.1 Å². The number of benzene rings is 1. The lowest BCUT2D eigenvalue weighted by Gasteiger charge is -2.18. The second kappa shape index (κ2) is 7.41. The van der Waals surface area contributed by atoms with Crippen molar-refractivity contribution in [2.24, 2.45) is 0 Å². The number of imidazole rings is 1. The van der Waals surface area contributed by atoms with Crippen LogP contribution in [0.4, 0.5) is 5.69 Å². The van der Waals surface area contributed by atoms with E-state index in [0.717, 1.165) is 41.3 Å². The Morgan fingerprint density at radius 1 is 1.10 bits per heavy atom. The molecular formula is C23H23ClN4O. The molecule has 6 heteroatoms. The summed E-state index contributed by atoms with van der Waals surface area (Å²) in [6.07, 6.45) is 5.92. The van der Waals surface area contributed by atoms with Crippen molar-refractivity contribution in [2.45, 2.75) is 32.7 Å². The second-order valence-corrected chi connectivity index (χ2v) is 7.43. The Labute approximate surface area is 175 Å². The number of halogens is 1. The maximum absolute atomic E-state index is 12.4. The highest BCUT2D eigenvalue weighted by Gasteiger charge is 2.23. The average molecular weight is 407 g/mol. The summed E-state index contributed by atoms with van der Waals surface area (Å²) < 4.78 is 3.75. The predicted molar refractivity (Wildman–Crippen MR) is 119 cm³/mol. The molecule has 1 aliphatic rings. The summed E-state index contributed by atoms with van der Waals surface area (Å²) in [6.45, 7) is 4.08. The molecule has 0 aliphatic heterocycles. The van der Waals surface area contributed by atoms with E-state index in [-0.39, 0.29) is 24.0 Å². The monoisotopic (exact) mass is 406 g/mol. The molecule has 1 aliphatic carbocycles. The molecule has 5 nitrogen and oxygen atoms in total. The van der Waals surface area contributed by atoms with Gasteiger partial charge in [-0.25, -0.2) is 4.98 Å². The van der Waals surface area contributed by atoms with Crippen LogP contribution in [-0.4, -0.2) is 14.0 Å². The van der Waals surface area contributed by atoms with Gasteiger partial charge in [0.05, 0.1) is 23.1 Å². The molecule has 0 saturated heterocycles. The van der Waals surface area contributed by atoms with Crippen LogP contribution in [0.5, 0.6) is 0 Å². The van der Waals surface area contributed by atoms with E-state index in [1.54, 1.807) is 22.9 Å². The highest BCUT2D eigenvalue weighted by molar-refractivity contribution is 5.85. The maximum atomic E-state index is 12.4. The van der Waals surface area contributed by atoms with E-state index < -0.39 is 0 Å². The molecule has 3 aromatic heterocycles. The third-order valence-electron chi connectivity index (χ3n) is 5.74. The van der Waals surface area contributed by atoms with E-state index in [4.69, 9.17) is 4.98 Å². The zero-order valence-electron chi connectivity index (χ0n) is 16.4. The van der Waals surface area contributed by atoms with Crippen molar-refractivity contribution in [3.63, 3.8) is 0 Å². The number of rotatable bonds is 3. The summed E-state index contributed by atoms with van der Waals surface area (Å²) in [5.74, 6) is 0. The SMILES string of the molecule is Cc1nc2c(N[C@@H]3CCc4ccccc43)cc(-n3ccccc3=O)cn2c1C.Cl. The molecule has 0 saturated carbocycles. The minimum Gasteiger partial charge on any atom is -0.375 e. The number of anilines is 1. The number of nitrogens with one attached hydrogen (secondary N) is 1. The lowest BCUT2D eigenvalue weighted by atomic mass is 10.1. The Morgan fingerprint density at radius 3 is 2.72 bits per heavy atom. The normalized spacial score (nSPS) is 15.2. The Morgan fingerprint density at radius 2 is 1.90 bits per heavy atom. The molecule has 3 heterocycles. The topological polar surface area (TPSA) is 51.3 Å². The van der Waals surface area contributed by atoms with Gasteiger partial charge >= 0.3 is 0 Å². The highest BCUT2D eigenvalue weighted by atomic mass is 35.5. The van der Waals surface area contributed by atoms with Crippen LogP contribution in [0.1, 0.15) is 35.0 Å². The van der Waals surface area contributed by atoms with Crippen LogP contribution in [0.15, 0.2) is 65.7 Å². The second-order valence-electron chi connectivity index (χ2n) is 7.43. The number of fused-ring (bicyclic) bond motifs is 2. The first-order valence-corrected chi connectivity index (χ1v) is 9.63. The van der Waals surface area contributed by atoms with Crippen molar-refractivity contribution in [1.82, 2.24) is 14.0 Å². The van der Waals surface area contributed by atoms with Crippen LogP contribution in [0.25, 0.3) is 11.3 Å². The van der Waals surface area contributed by atoms with Gasteiger partial charge in [-0.05, 0) is 49.9 Å². The van der Waals surface area contributed by atoms with Gasteiger partial charge in [-0.15, -0.1) is 12.4 Å². The first kappa shape index (κ1) is 19.3. The van der Waals surface area contributed by atoms with Crippen LogP contribution >= 0.6 is 12.4 Å². The molecule has 0 amide bonds. The van der Waals surface area contributed by atoms with Gasteiger partial charge in [-0.1, -0.05) is 30.3 Å². The standard InChI is InChI=1S/C23H22N4O.ClH/c1-15-16(2)27-14-18(26-12-6-5-9-22(26)28)13-21(23(27)24-15)25-20-11-10-17-7-3-4-8-19(17)20;/h3-9,12-14,20,25H,10-11H2,1-2H3;1H/t20-;/m1./s1. The molecule has 1 N–H and O–H groups in total. The van der Waals surface area contributed by atoms with E-state index in [1.807, 2.05) is 25.3 Å². The van der Waals surface area contributed by atoms with Gasteiger partial charge in [-0.2, -0.15) is 0 Å². The van der Waals surface area contributed by atoms with Crippen LogP contribution in [0.2, 0.25) is 0 Å². The quantitative estimate of drug-likeness (QED) is 0.540. The first-order chi connectivity index (χ1) is 13.6. The highest BCUT2D eigenvalue weighted by Crippen LogP contribution is 2.35. The molecule has 0 unspecified atom stereocenters. The van der Waals surface area contributed by atoms with Gasteiger partial charge in [0, 0.05) is 24.2 Å². The van der Waals surface area contributed by atoms with Crippen LogP contribution < -0.4 is 10.9 Å². The molecule has 1 atom stereocenters. The summed E-state index contributed by atoms with van der Waals surface area (Å²) in [6, 6.07) is 16.1. The largest absolute Gasteiger partial charge is 0.375 e. The van der Waals surface area contributed by atoms with E-state index in [2.05, 4.69) is 40.9 Å². The Hall–Kier alpha value is -3.05. The third-order valence-corrected chi connectivity index (χ3v) is 5.74. The van der Waals surface area contributed by atoms with Gasteiger partial charge in [0.25, 0.3) is 5.56 Å². The van der Waals surface area contributed by atoms with Crippen LogP contribution in [-0.2, 0) is 6.42 Å². The summed E-state index contributed by atoms with van der Waals surface area (Å²) in [5, 5.41) is 3.71. The van der Waals surface area contributed by atoms with Crippen LogP contribution in [0, 0.1) is 13.8 Å². The van der Waals surface area contributed by atoms with Crippen LogP contribution in [0.3, 0.4) is 0 Å². The van der Waals surface area contributed by atoms with Gasteiger partial charge in [0.1, 0.15) is 0 Å². The van der Waals surface area contributed by atoms with Gasteiger partial charge < -0.3 is 9.72 Å². The molecule has 4 aromatic rings. The number of hydrogen-bond donors (Lipinski definition) is 1. The lowest BCUT2D eigenvalue weighted by molar-refractivity contribution is 0.761. The van der Waals surface area contributed by atoms with E-state index in [0.29, 0.717) is 0 Å². The first-order valence-electron chi connectivity index (χ1n) is 9.63. The smallest absolute Gasteiger partial charge is 0.255 e. The Bertz CT molecular complexity index is 1260. The number of aromatic nitrogens is 3. The Balaban J connectivity index is 0.00000205. The minimum atomic E-state index is -0.0477. The molecule has 29 heavy (non-hydrogen) atoms. The van der Waals surface area contributed by atoms with Crippen molar-refractivity contribution in [3.8, 4) is 5.69 Å². The predicted octanol–water partition coefficient (Wildman–Crippen LogP) is 4.62. The fraction of sp³-hybridized carbons (Fsp3) is 0.217. The van der Waals surface area contributed by atoms with Crippen molar-refractivity contribution < 1.29 is 0 Å². The molecule has 0 bridgehead atoms. The maximum Gasteiger partial charge on any atom is 0.255 e. The summed E-state index contributed by atoms with van der Waals surface area (Å²) in [7, 11) is 0. The lowest BCUT2D eigenvalue weighted by Crippen LogP contribution is -2.17. The van der Waals surface area contributed by atoms with E-state index in [9.17, 15) is 4.79 Å². The van der Waals surface area contributed by atoms with E-state index >= 15 is 0 Å². The van der Waals surface area contributed by atoms with Crippen molar-refractivity contribution in [2.75, 3.05) is 5.32 Å².